The monoisotopic (exact) mass is 251 g/mol. The van der Waals surface area contributed by atoms with Gasteiger partial charge >= 0.3 is 0 Å². The zero-order valence-electron chi connectivity index (χ0n) is 12.5. The Bertz CT molecular complexity index is 385. The minimum Gasteiger partial charge on any atom is -0.315 e. The lowest BCUT2D eigenvalue weighted by Crippen LogP contribution is -2.29. The molecule has 0 atom stereocenters. The van der Waals surface area contributed by atoms with Crippen LogP contribution in [0.1, 0.15) is 50.8 Å². The highest BCUT2D eigenvalue weighted by molar-refractivity contribution is 5.34. The van der Waals surface area contributed by atoms with E-state index in [2.05, 4.69) is 33.0 Å². The Kier molecular flexibility index (Phi) is 4.92. The van der Waals surface area contributed by atoms with Crippen molar-refractivity contribution in [1.82, 2.24) is 5.32 Å². The van der Waals surface area contributed by atoms with E-state index in [1.807, 2.05) is 26.0 Å². The summed E-state index contributed by atoms with van der Waals surface area (Å²) in [6, 6.07) is 4.48. The van der Waals surface area contributed by atoms with Gasteiger partial charge in [-0.2, -0.15) is 0 Å². The molecule has 0 aliphatic carbocycles. The van der Waals surface area contributed by atoms with Gasteiger partial charge in [0.1, 0.15) is 5.82 Å². The van der Waals surface area contributed by atoms with Crippen molar-refractivity contribution in [2.24, 2.45) is 0 Å². The second kappa shape index (κ2) is 5.83. The van der Waals surface area contributed by atoms with Crippen LogP contribution in [0.2, 0.25) is 0 Å². The summed E-state index contributed by atoms with van der Waals surface area (Å²) in [6.45, 7) is 13.4. The van der Waals surface area contributed by atoms with Crippen molar-refractivity contribution in [1.29, 1.82) is 0 Å². The van der Waals surface area contributed by atoms with Crippen LogP contribution < -0.4 is 5.32 Å². The maximum atomic E-state index is 13.6. The molecule has 1 aromatic carbocycles. The van der Waals surface area contributed by atoms with Crippen LogP contribution in [-0.2, 0) is 5.41 Å². The highest BCUT2D eigenvalue weighted by atomic mass is 19.1. The van der Waals surface area contributed by atoms with Crippen molar-refractivity contribution < 1.29 is 4.39 Å². The molecule has 0 radical (unpaired) electrons. The first kappa shape index (κ1) is 15.2. The van der Waals surface area contributed by atoms with Crippen LogP contribution in [0.5, 0.6) is 0 Å². The third-order valence-electron chi connectivity index (χ3n) is 3.52. The summed E-state index contributed by atoms with van der Waals surface area (Å²) < 4.78 is 13.6. The average Bonchev–Trinajstić information content (AvgIpc) is 2.24. The van der Waals surface area contributed by atoms with Gasteiger partial charge in [-0.25, -0.2) is 4.39 Å². The first-order valence-corrected chi connectivity index (χ1v) is 6.74. The van der Waals surface area contributed by atoms with Crippen LogP contribution in [0.25, 0.3) is 0 Å². The number of benzene rings is 1. The molecule has 0 aromatic heterocycles. The van der Waals surface area contributed by atoms with Crippen LogP contribution >= 0.6 is 0 Å². The van der Waals surface area contributed by atoms with Gasteiger partial charge < -0.3 is 5.32 Å². The van der Waals surface area contributed by atoms with Crippen molar-refractivity contribution in [2.45, 2.75) is 59.4 Å². The summed E-state index contributed by atoms with van der Waals surface area (Å²) in [5.41, 5.74) is 2.79. The molecule has 0 heterocycles. The predicted molar refractivity (Wildman–Crippen MR) is 76.7 cm³/mol. The number of hydrogen-bond acceptors (Lipinski definition) is 1. The average molecular weight is 251 g/mol. The van der Waals surface area contributed by atoms with Gasteiger partial charge in [-0.1, -0.05) is 39.8 Å². The summed E-state index contributed by atoms with van der Waals surface area (Å²) in [6.07, 6.45) is 1.05. The van der Waals surface area contributed by atoms with E-state index in [1.165, 1.54) is 5.56 Å². The second-order valence-electron chi connectivity index (χ2n) is 6.17. The highest BCUT2D eigenvalue weighted by Gasteiger charge is 2.21. The molecule has 0 bridgehead atoms. The van der Waals surface area contributed by atoms with Crippen molar-refractivity contribution in [3.8, 4) is 0 Å². The van der Waals surface area contributed by atoms with Gasteiger partial charge in [0.05, 0.1) is 0 Å². The molecular weight excluding hydrogens is 225 g/mol. The molecule has 2 heteroatoms. The molecule has 0 saturated heterocycles. The smallest absolute Gasteiger partial charge is 0.129 e. The Hall–Kier alpha value is -0.890. The largest absolute Gasteiger partial charge is 0.315 e. The molecule has 1 N–H and O–H groups in total. The standard InChI is InChI=1S/C16H26FN/c1-11(2)18-8-7-16(5,6)14-9-12(3)15(17)13(4)10-14/h9-11,18H,7-8H2,1-6H3. The Morgan fingerprint density at radius 1 is 1.17 bits per heavy atom. The van der Waals surface area contributed by atoms with Gasteiger partial charge in [-0.15, -0.1) is 0 Å². The Morgan fingerprint density at radius 3 is 2.11 bits per heavy atom. The van der Waals surface area contributed by atoms with Gasteiger partial charge in [0, 0.05) is 6.04 Å². The van der Waals surface area contributed by atoms with Crippen LogP contribution in [0.15, 0.2) is 12.1 Å². The lowest BCUT2D eigenvalue weighted by molar-refractivity contribution is 0.440. The minimum absolute atomic E-state index is 0.0742. The lowest BCUT2D eigenvalue weighted by atomic mass is 9.80. The quantitative estimate of drug-likeness (QED) is 0.830. The second-order valence-corrected chi connectivity index (χ2v) is 6.17. The van der Waals surface area contributed by atoms with E-state index >= 15 is 0 Å². The van der Waals surface area contributed by atoms with E-state index < -0.39 is 0 Å². The normalized spacial score (nSPS) is 12.2. The SMILES string of the molecule is Cc1cc(C(C)(C)CCNC(C)C)cc(C)c1F. The predicted octanol–water partition coefficient (Wildman–Crippen LogP) is 4.11. The topological polar surface area (TPSA) is 12.0 Å². The Balaban J connectivity index is 2.84. The fourth-order valence-electron chi connectivity index (χ4n) is 2.15. The molecule has 0 spiro atoms. The maximum absolute atomic E-state index is 13.6. The third kappa shape index (κ3) is 3.81. The molecule has 0 amide bonds. The molecule has 0 saturated carbocycles. The molecule has 0 unspecified atom stereocenters. The summed E-state index contributed by atoms with van der Waals surface area (Å²) >= 11 is 0. The van der Waals surface area contributed by atoms with E-state index in [-0.39, 0.29) is 11.2 Å². The van der Waals surface area contributed by atoms with E-state index in [4.69, 9.17) is 0 Å². The number of hydrogen-bond donors (Lipinski definition) is 1. The number of halogens is 1. The van der Waals surface area contributed by atoms with Gasteiger partial charge in [-0.05, 0) is 48.9 Å². The molecule has 0 fully saturated rings. The molecule has 0 aliphatic heterocycles. The molecule has 1 nitrogen and oxygen atoms in total. The summed E-state index contributed by atoms with van der Waals surface area (Å²) in [5, 5.41) is 3.44. The minimum atomic E-state index is -0.0742. The highest BCUT2D eigenvalue weighted by Crippen LogP contribution is 2.29. The van der Waals surface area contributed by atoms with Gasteiger partial charge in [0.25, 0.3) is 0 Å². The van der Waals surface area contributed by atoms with Crippen LogP contribution in [0.4, 0.5) is 4.39 Å². The zero-order chi connectivity index (χ0) is 13.9. The van der Waals surface area contributed by atoms with E-state index in [9.17, 15) is 4.39 Å². The van der Waals surface area contributed by atoms with Gasteiger partial charge in [0.2, 0.25) is 0 Å². The van der Waals surface area contributed by atoms with Crippen LogP contribution in [0.3, 0.4) is 0 Å². The first-order valence-electron chi connectivity index (χ1n) is 6.74. The molecule has 1 aromatic rings. The van der Waals surface area contributed by atoms with E-state index in [0.29, 0.717) is 6.04 Å². The summed E-state index contributed by atoms with van der Waals surface area (Å²) in [7, 11) is 0. The fourth-order valence-corrected chi connectivity index (χ4v) is 2.15. The molecule has 18 heavy (non-hydrogen) atoms. The maximum Gasteiger partial charge on any atom is 0.129 e. The number of nitrogens with one attached hydrogen (secondary N) is 1. The van der Waals surface area contributed by atoms with Crippen molar-refractivity contribution in [3.63, 3.8) is 0 Å². The Labute approximate surface area is 111 Å². The van der Waals surface area contributed by atoms with Crippen molar-refractivity contribution in [2.75, 3.05) is 6.54 Å². The first-order chi connectivity index (χ1) is 8.24. The molecular formula is C16H26FN. The number of aryl methyl sites for hydroxylation is 2. The van der Waals surface area contributed by atoms with Gasteiger partial charge in [0.15, 0.2) is 0 Å². The third-order valence-corrected chi connectivity index (χ3v) is 3.52. The van der Waals surface area contributed by atoms with E-state index in [0.717, 1.165) is 24.1 Å². The number of rotatable bonds is 5. The van der Waals surface area contributed by atoms with Crippen LogP contribution in [-0.4, -0.2) is 12.6 Å². The zero-order valence-corrected chi connectivity index (χ0v) is 12.5. The lowest BCUT2D eigenvalue weighted by Gasteiger charge is -2.27. The van der Waals surface area contributed by atoms with E-state index in [1.54, 1.807) is 0 Å². The summed E-state index contributed by atoms with van der Waals surface area (Å²) in [4.78, 5) is 0. The summed E-state index contributed by atoms with van der Waals surface area (Å²) in [5.74, 6) is -0.0742. The van der Waals surface area contributed by atoms with Crippen molar-refractivity contribution >= 4 is 0 Å². The Morgan fingerprint density at radius 2 is 1.67 bits per heavy atom. The van der Waals surface area contributed by atoms with Crippen LogP contribution in [0, 0.1) is 19.7 Å². The van der Waals surface area contributed by atoms with Gasteiger partial charge in [-0.3, -0.25) is 0 Å². The molecule has 0 aliphatic rings. The molecule has 102 valence electrons. The molecule has 1 rings (SSSR count). The fraction of sp³-hybridized carbons (Fsp3) is 0.625. The van der Waals surface area contributed by atoms with Crippen molar-refractivity contribution in [3.05, 3.63) is 34.6 Å².